The van der Waals surface area contributed by atoms with Gasteiger partial charge in [-0.1, -0.05) is 18.2 Å². The highest BCUT2D eigenvalue weighted by Gasteiger charge is 2.55. The molecule has 1 saturated heterocycles. The van der Waals surface area contributed by atoms with Gasteiger partial charge < -0.3 is 18.9 Å². The molecule has 0 unspecified atom stereocenters. The topological polar surface area (TPSA) is 54.0 Å². The molecule has 1 aromatic carbocycles. The largest absolute Gasteiger partial charge is 0.456 e. The summed E-state index contributed by atoms with van der Waals surface area (Å²) in [5.41, 5.74) is 0.329. The minimum absolute atomic E-state index is 0.120. The van der Waals surface area contributed by atoms with Crippen molar-refractivity contribution in [1.29, 1.82) is 0 Å². The van der Waals surface area contributed by atoms with Gasteiger partial charge in [-0.05, 0) is 53.2 Å². The molecule has 4 atom stereocenters. The maximum atomic E-state index is 12.4. The third-order valence-electron chi connectivity index (χ3n) is 4.53. The molecule has 25 heavy (non-hydrogen) atoms. The number of carbonyl (C=O) groups is 1. The van der Waals surface area contributed by atoms with Crippen molar-refractivity contribution in [3.8, 4) is 0 Å². The first-order valence-electron chi connectivity index (χ1n) is 8.90. The zero-order valence-electron chi connectivity index (χ0n) is 15.7. The second kappa shape index (κ2) is 6.71. The van der Waals surface area contributed by atoms with E-state index in [-0.39, 0.29) is 35.8 Å². The van der Waals surface area contributed by atoms with Crippen LogP contribution in [0.25, 0.3) is 0 Å². The monoisotopic (exact) mass is 348 g/mol. The average molecular weight is 348 g/mol. The van der Waals surface area contributed by atoms with Crippen molar-refractivity contribution in [2.45, 2.75) is 70.7 Å². The van der Waals surface area contributed by atoms with Gasteiger partial charge in [-0.15, -0.1) is 0 Å². The standard InChI is InChI=1S/C20H28O5/c1-19(2,3)22-12-14-11-15(17-16(14)24-20(4,5)25-17)23-18(21)13-9-7-6-8-10-13/h6-10,14-17H,11-12H2,1-5H3/t14-,15+,16-,17+/m0/s1. The predicted octanol–water partition coefficient (Wildman–Crippen LogP) is 3.57. The second-order valence-corrected chi connectivity index (χ2v) is 8.29. The molecule has 0 bridgehead atoms. The summed E-state index contributed by atoms with van der Waals surface area (Å²) in [6.07, 6.45) is -0.0183. The lowest BCUT2D eigenvalue weighted by Crippen LogP contribution is -2.32. The molecule has 1 aliphatic carbocycles. The van der Waals surface area contributed by atoms with Gasteiger partial charge in [-0.25, -0.2) is 4.79 Å². The highest BCUT2D eigenvalue weighted by atomic mass is 16.8. The van der Waals surface area contributed by atoms with E-state index in [1.165, 1.54) is 0 Å². The molecule has 0 amide bonds. The Kier molecular flexibility index (Phi) is 4.93. The van der Waals surface area contributed by atoms with Crippen molar-refractivity contribution in [2.24, 2.45) is 5.92 Å². The number of benzene rings is 1. The SMILES string of the molecule is CC(C)(C)OC[C@@H]1C[C@@H](OC(=O)c2ccccc2)[C@H]2OC(C)(C)O[C@@H]12. The quantitative estimate of drug-likeness (QED) is 0.779. The molecule has 2 fully saturated rings. The third kappa shape index (κ3) is 4.40. The number of hydrogen-bond donors (Lipinski definition) is 0. The van der Waals surface area contributed by atoms with Gasteiger partial charge in [0.2, 0.25) is 0 Å². The first-order chi connectivity index (χ1) is 11.6. The van der Waals surface area contributed by atoms with E-state index < -0.39 is 5.79 Å². The Bertz CT molecular complexity index is 604. The van der Waals surface area contributed by atoms with Crippen LogP contribution < -0.4 is 0 Å². The van der Waals surface area contributed by atoms with Gasteiger partial charge in [0.05, 0.1) is 23.9 Å². The van der Waals surface area contributed by atoms with E-state index in [0.29, 0.717) is 18.6 Å². The predicted molar refractivity (Wildman–Crippen MR) is 93.3 cm³/mol. The highest BCUT2D eigenvalue weighted by molar-refractivity contribution is 5.89. The summed E-state index contributed by atoms with van der Waals surface area (Å²) in [4.78, 5) is 12.4. The zero-order valence-corrected chi connectivity index (χ0v) is 15.7. The van der Waals surface area contributed by atoms with Crippen LogP contribution in [0, 0.1) is 5.92 Å². The fourth-order valence-electron chi connectivity index (χ4n) is 3.45. The van der Waals surface area contributed by atoms with E-state index in [4.69, 9.17) is 18.9 Å². The lowest BCUT2D eigenvalue weighted by atomic mass is 10.1. The van der Waals surface area contributed by atoms with E-state index in [0.717, 1.165) is 0 Å². The molecule has 3 rings (SSSR count). The molecular formula is C20H28O5. The van der Waals surface area contributed by atoms with E-state index >= 15 is 0 Å². The number of rotatable bonds is 4. The van der Waals surface area contributed by atoms with Crippen LogP contribution >= 0.6 is 0 Å². The number of esters is 1. The Morgan fingerprint density at radius 1 is 1.16 bits per heavy atom. The fourth-order valence-corrected chi connectivity index (χ4v) is 3.45. The van der Waals surface area contributed by atoms with Crippen LogP contribution in [0.4, 0.5) is 0 Å². The molecule has 0 spiro atoms. The summed E-state index contributed by atoms with van der Waals surface area (Å²) < 4.78 is 23.8. The second-order valence-electron chi connectivity index (χ2n) is 8.29. The van der Waals surface area contributed by atoms with E-state index in [9.17, 15) is 4.79 Å². The van der Waals surface area contributed by atoms with Gasteiger partial charge >= 0.3 is 5.97 Å². The molecule has 2 aliphatic rings. The lowest BCUT2D eigenvalue weighted by molar-refractivity contribution is -0.171. The summed E-state index contributed by atoms with van der Waals surface area (Å²) in [6, 6.07) is 9.03. The first-order valence-corrected chi connectivity index (χ1v) is 8.90. The van der Waals surface area contributed by atoms with Crippen LogP contribution in [0.2, 0.25) is 0 Å². The van der Waals surface area contributed by atoms with Crippen LogP contribution in [-0.2, 0) is 18.9 Å². The Morgan fingerprint density at radius 2 is 1.80 bits per heavy atom. The number of fused-ring (bicyclic) bond motifs is 1. The smallest absolute Gasteiger partial charge is 0.338 e. The number of ether oxygens (including phenoxy) is 4. The van der Waals surface area contributed by atoms with Crippen molar-refractivity contribution in [3.05, 3.63) is 35.9 Å². The Hall–Kier alpha value is -1.43. The summed E-state index contributed by atoms with van der Waals surface area (Å²) in [6.45, 7) is 10.4. The molecular weight excluding hydrogens is 320 g/mol. The molecule has 1 saturated carbocycles. The number of hydrogen-bond acceptors (Lipinski definition) is 5. The molecule has 1 heterocycles. The maximum Gasteiger partial charge on any atom is 0.338 e. The van der Waals surface area contributed by atoms with Crippen LogP contribution in [0.5, 0.6) is 0 Å². The van der Waals surface area contributed by atoms with Crippen LogP contribution in [0.3, 0.4) is 0 Å². The van der Waals surface area contributed by atoms with E-state index in [2.05, 4.69) is 0 Å². The van der Waals surface area contributed by atoms with Gasteiger partial charge in [0.1, 0.15) is 12.2 Å². The van der Waals surface area contributed by atoms with Gasteiger partial charge in [0.15, 0.2) is 5.79 Å². The van der Waals surface area contributed by atoms with Crippen molar-refractivity contribution in [2.75, 3.05) is 6.61 Å². The average Bonchev–Trinajstić information content (AvgIpc) is 3.00. The maximum absolute atomic E-state index is 12.4. The minimum atomic E-state index is -0.673. The zero-order chi connectivity index (χ0) is 18.2. The minimum Gasteiger partial charge on any atom is -0.456 e. The van der Waals surface area contributed by atoms with Crippen molar-refractivity contribution in [3.63, 3.8) is 0 Å². The summed E-state index contributed by atoms with van der Waals surface area (Å²) >= 11 is 0. The summed E-state index contributed by atoms with van der Waals surface area (Å²) in [7, 11) is 0. The normalized spacial score (nSPS) is 30.9. The molecule has 1 aromatic rings. The molecule has 5 heteroatoms. The lowest BCUT2D eigenvalue weighted by Gasteiger charge is -2.26. The summed E-state index contributed by atoms with van der Waals surface area (Å²) in [5, 5.41) is 0. The molecule has 1 aliphatic heterocycles. The van der Waals surface area contributed by atoms with E-state index in [1.807, 2.05) is 52.8 Å². The van der Waals surface area contributed by atoms with Gasteiger partial charge in [0.25, 0.3) is 0 Å². The van der Waals surface area contributed by atoms with Gasteiger partial charge in [-0.2, -0.15) is 0 Å². The van der Waals surface area contributed by atoms with Crippen molar-refractivity contribution >= 4 is 5.97 Å². The molecule has 5 nitrogen and oxygen atoms in total. The molecule has 0 N–H and O–H groups in total. The van der Waals surface area contributed by atoms with Crippen LogP contribution in [-0.4, -0.2) is 42.3 Å². The van der Waals surface area contributed by atoms with E-state index in [1.54, 1.807) is 12.1 Å². The van der Waals surface area contributed by atoms with Gasteiger partial charge in [0, 0.05) is 5.92 Å². The first kappa shape index (κ1) is 18.4. The third-order valence-corrected chi connectivity index (χ3v) is 4.53. The molecule has 138 valence electrons. The highest BCUT2D eigenvalue weighted by Crippen LogP contribution is 2.43. The van der Waals surface area contributed by atoms with Crippen molar-refractivity contribution in [1.82, 2.24) is 0 Å². The Morgan fingerprint density at radius 3 is 2.44 bits per heavy atom. The van der Waals surface area contributed by atoms with Crippen LogP contribution in [0.15, 0.2) is 30.3 Å². The Balaban J connectivity index is 1.70. The van der Waals surface area contributed by atoms with Crippen LogP contribution in [0.1, 0.15) is 51.4 Å². The van der Waals surface area contributed by atoms with Crippen molar-refractivity contribution < 1.29 is 23.7 Å². The Labute approximate surface area is 149 Å². The summed E-state index contributed by atoms with van der Waals surface area (Å²) in [5.74, 6) is -0.859. The fraction of sp³-hybridized carbons (Fsp3) is 0.650. The number of carbonyl (C=O) groups excluding carboxylic acids is 1. The molecule has 0 aromatic heterocycles. The molecule has 0 radical (unpaired) electrons. The van der Waals surface area contributed by atoms with Gasteiger partial charge in [-0.3, -0.25) is 0 Å².